The van der Waals surface area contributed by atoms with Gasteiger partial charge in [-0.15, -0.1) is 0 Å². The molecule has 0 aliphatic rings. The van der Waals surface area contributed by atoms with Crippen LogP contribution in [0.15, 0.2) is 51.1 Å². The van der Waals surface area contributed by atoms with Crippen molar-refractivity contribution in [2.45, 2.75) is 6.54 Å². The number of fused-ring (bicyclic) bond motifs is 2. The summed E-state index contributed by atoms with van der Waals surface area (Å²) in [5, 5.41) is 3.49. The van der Waals surface area contributed by atoms with Gasteiger partial charge in [-0.3, -0.25) is 18.7 Å². The summed E-state index contributed by atoms with van der Waals surface area (Å²) < 4.78 is 13.3. The van der Waals surface area contributed by atoms with E-state index in [1.54, 1.807) is 24.3 Å². The van der Waals surface area contributed by atoms with E-state index in [0.717, 1.165) is 9.95 Å². The van der Waals surface area contributed by atoms with Gasteiger partial charge in [-0.2, -0.15) is 0 Å². The highest BCUT2D eigenvalue weighted by molar-refractivity contribution is 5.99. The van der Waals surface area contributed by atoms with Gasteiger partial charge in [0.05, 0.1) is 18.2 Å². The maximum atomic E-state index is 12.7. The maximum Gasteiger partial charge on any atom is 0.332 e. The number of amides is 1. The number of imidazole rings is 1. The van der Waals surface area contributed by atoms with Gasteiger partial charge in [0, 0.05) is 19.7 Å². The van der Waals surface area contributed by atoms with Gasteiger partial charge in [-0.05, 0) is 18.2 Å². The smallest absolute Gasteiger partial charge is 0.332 e. The van der Waals surface area contributed by atoms with E-state index < -0.39 is 11.2 Å². The third-order valence-corrected chi connectivity index (χ3v) is 4.71. The molecule has 1 aromatic carbocycles. The zero-order valence-corrected chi connectivity index (χ0v) is 16.4. The molecule has 0 radical (unpaired) electrons. The summed E-state index contributed by atoms with van der Waals surface area (Å²) in [5.41, 5.74) is 0.323. The first kappa shape index (κ1) is 19.2. The molecule has 0 fully saturated rings. The standard InChI is InChI=1S/C20H19N5O5/c1-4-6-29-13-8-11(9-14-12(13)5-7-30-14)18(26)21-10-15-22-16-17(23-15)24(2)20(28)25(3)19(16)27/h4-5,7-9H,1,6,10H2,2-3H3,(H,21,26)(H,22,23). The summed E-state index contributed by atoms with van der Waals surface area (Å²) in [6.07, 6.45) is 3.13. The van der Waals surface area contributed by atoms with E-state index in [2.05, 4.69) is 21.9 Å². The lowest BCUT2D eigenvalue weighted by atomic mass is 10.1. The summed E-state index contributed by atoms with van der Waals surface area (Å²) >= 11 is 0. The Morgan fingerprint density at radius 2 is 2.13 bits per heavy atom. The molecule has 0 bridgehead atoms. The van der Waals surface area contributed by atoms with Crippen LogP contribution >= 0.6 is 0 Å². The molecule has 2 N–H and O–H groups in total. The first-order valence-corrected chi connectivity index (χ1v) is 9.08. The molecule has 10 heteroatoms. The molecular weight excluding hydrogens is 390 g/mol. The van der Waals surface area contributed by atoms with Crippen molar-refractivity contribution < 1.29 is 13.9 Å². The Bertz CT molecular complexity index is 1400. The molecule has 10 nitrogen and oxygen atoms in total. The fourth-order valence-corrected chi connectivity index (χ4v) is 3.16. The van der Waals surface area contributed by atoms with E-state index >= 15 is 0 Å². The van der Waals surface area contributed by atoms with E-state index in [1.165, 1.54) is 24.9 Å². The summed E-state index contributed by atoms with van der Waals surface area (Å²) in [6.45, 7) is 3.94. The average molecular weight is 409 g/mol. The van der Waals surface area contributed by atoms with Gasteiger partial charge in [0.25, 0.3) is 11.5 Å². The van der Waals surface area contributed by atoms with Gasteiger partial charge in [-0.25, -0.2) is 9.78 Å². The molecule has 0 atom stereocenters. The topological polar surface area (TPSA) is 124 Å². The van der Waals surface area contributed by atoms with E-state index in [-0.39, 0.29) is 30.2 Å². The molecule has 0 unspecified atom stereocenters. The summed E-state index contributed by atoms with van der Waals surface area (Å²) in [6, 6.07) is 4.99. The Morgan fingerprint density at radius 3 is 2.90 bits per heavy atom. The van der Waals surface area contributed by atoms with Crippen molar-refractivity contribution in [1.29, 1.82) is 0 Å². The molecule has 4 rings (SSSR count). The largest absolute Gasteiger partial charge is 0.489 e. The van der Waals surface area contributed by atoms with Crippen LogP contribution < -0.4 is 21.3 Å². The van der Waals surface area contributed by atoms with Crippen LogP contribution in [0, 0.1) is 0 Å². The number of hydrogen-bond acceptors (Lipinski definition) is 6. The molecule has 0 aliphatic heterocycles. The number of hydrogen-bond donors (Lipinski definition) is 2. The summed E-state index contributed by atoms with van der Waals surface area (Å²) in [4.78, 5) is 44.1. The minimum atomic E-state index is -0.481. The zero-order valence-electron chi connectivity index (χ0n) is 16.4. The number of nitrogens with zero attached hydrogens (tertiary/aromatic N) is 3. The van der Waals surface area contributed by atoms with E-state index in [9.17, 15) is 14.4 Å². The highest BCUT2D eigenvalue weighted by Gasteiger charge is 2.16. The summed E-state index contributed by atoms with van der Waals surface area (Å²) in [5.74, 6) is 0.478. The Balaban J connectivity index is 1.60. The number of aromatic nitrogens is 4. The van der Waals surface area contributed by atoms with Crippen molar-refractivity contribution in [2.24, 2.45) is 14.1 Å². The fraction of sp³-hybridized carbons (Fsp3) is 0.200. The minimum absolute atomic E-state index is 0.0316. The molecular formula is C20H19N5O5. The SMILES string of the molecule is C=CCOc1cc(C(=O)NCc2nc3c([nH]2)c(=O)n(C)c(=O)n3C)cc2occc12. The average Bonchev–Trinajstić information content (AvgIpc) is 3.40. The van der Waals surface area contributed by atoms with Crippen LogP contribution in [0.4, 0.5) is 0 Å². The highest BCUT2D eigenvalue weighted by Crippen LogP contribution is 2.28. The first-order chi connectivity index (χ1) is 14.4. The van der Waals surface area contributed by atoms with Gasteiger partial charge in [0.1, 0.15) is 29.3 Å². The minimum Gasteiger partial charge on any atom is -0.489 e. The van der Waals surface area contributed by atoms with Crippen molar-refractivity contribution in [3.63, 3.8) is 0 Å². The maximum absolute atomic E-state index is 12.7. The van der Waals surface area contributed by atoms with Crippen LogP contribution in [0.1, 0.15) is 16.2 Å². The molecule has 30 heavy (non-hydrogen) atoms. The predicted octanol–water partition coefficient (Wildman–Crippen LogP) is 1.20. The molecule has 3 aromatic heterocycles. The second-order valence-corrected chi connectivity index (χ2v) is 6.68. The van der Waals surface area contributed by atoms with Crippen LogP contribution in [-0.2, 0) is 20.6 Å². The Morgan fingerprint density at radius 1 is 1.33 bits per heavy atom. The third kappa shape index (κ3) is 3.17. The number of carbonyl (C=O) groups is 1. The molecule has 1 amide bonds. The molecule has 0 saturated heterocycles. The highest BCUT2D eigenvalue weighted by atomic mass is 16.5. The fourth-order valence-electron chi connectivity index (χ4n) is 3.16. The number of H-pyrrole nitrogens is 1. The van der Waals surface area contributed by atoms with Gasteiger partial charge in [-0.1, -0.05) is 12.7 Å². The van der Waals surface area contributed by atoms with Crippen molar-refractivity contribution in [3.8, 4) is 5.75 Å². The monoisotopic (exact) mass is 409 g/mol. The van der Waals surface area contributed by atoms with Crippen LogP contribution in [-0.4, -0.2) is 31.6 Å². The molecule has 0 saturated carbocycles. The van der Waals surface area contributed by atoms with Gasteiger partial charge >= 0.3 is 5.69 Å². The second kappa shape index (κ2) is 7.39. The number of nitrogens with one attached hydrogen (secondary N) is 2. The van der Waals surface area contributed by atoms with Gasteiger partial charge in [0.15, 0.2) is 5.65 Å². The summed E-state index contributed by atoms with van der Waals surface area (Å²) in [7, 11) is 2.92. The third-order valence-electron chi connectivity index (χ3n) is 4.71. The molecule has 4 aromatic rings. The number of benzene rings is 1. The van der Waals surface area contributed by atoms with Crippen LogP contribution in [0.25, 0.3) is 22.1 Å². The Hall–Kier alpha value is -4.08. The van der Waals surface area contributed by atoms with Crippen LogP contribution in [0.3, 0.4) is 0 Å². The number of aromatic amines is 1. The molecule has 3 heterocycles. The number of ether oxygens (including phenoxy) is 1. The van der Waals surface area contributed by atoms with Crippen molar-refractivity contribution >= 4 is 28.0 Å². The number of furan rings is 1. The number of carbonyl (C=O) groups excluding carboxylic acids is 1. The van der Waals surface area contributed by atoms with Crippen molar-refractivity contribution in [2.75, 3.05) is 6.61 Å². The van der Waals surface area contributed by atoms with Crippen LogP contribution in [0.5, 0.6) is 5.75 Å². The molecule has 154 valence electrons. The predicted molar refractivity (Wildman–Crippen MR) is 110 cm³/mol. The lowest BCUT2D eigenvalue weighted by Gasteiger charge is -2.08. The lowest BCUT2D eigenvalue weighted by molar-refractivity contribution is 0.0949. The molecule has 0 aliphatic carbocycles. The van der Waals surface area contributed by atoms with E-state index in [4.69, 9.17) is 9.15 Å². The number of aryl methyl sites for hydroxylation is 1. The van der Waals surface area contributed by atoms with Gasteiger partial charge in [0.2, 0.25) is 0 Å². The Kier molecular flexibility index (Phi) is 4.74. The first-order valence-electron chi connectivity index (χ1n) is 9.08. The normalized spacial score (nSPS) is 11.1. The lowest BCUT2D eigenvalue weighted by Crippen LogP contribution is -2.36. The van der Waals surface area contributed by atoms with Crippen molar-refractivity contribution in [1.82, 2.24) is 24.4 Å². The second-order valence-electron chi connectivity index (χ2n) is 6.68. The van der Waals surface area contributed by atoms with E-state index in [0.29, 0.717) is 22.7 Å². The van der Waals surface area contributed by atoms with Gasteiger partial charge < -0.3 is 19.5 Å². The van der Waals surface area contributed by atoms with Crippen LogP contribution in [0.2, 0.25) is 0 Å². The number of rotatable bonds is 6. The van der Waals surface area contributed by atoms with Crippen molar-refractivity contribution in [3.05, 3.63) is 69.3 Å². The zero-order chi connectivity index (χ0) is 21.4. The molecule has 0 spiro atoms. The van der Waals surface area contributed by atoms with E-state index in [1.807, 2.05) is 0 Å². The quantitative estimate of drug-likeness (QED) is 0.461. The Labute approximate surface area is 169 Å².